The monoisotopic (exact) mass is 340 g/mol. The van der Waals surface area contributed by atoms with E-state index in [2.05, 4.69) is 26.8 Å². The van der Waals surface area contributed by atoms with E-state index in [4.69, 9.17) is 0 Å². The maximum Gasteiger partial charge on any atom is 0.264 e. The standard InChI is InChI=1S/C10H13IO3S/c1-15(12,13)14-8-2-3-9-4-6-10(11)7-5-9/h4-7H,2-3,8H2,1H3. The first kappa shape index (κ1) is 12.9. The molecule has 0 N–H and O–H groups in total. The van der Waals surface area contributed by atoms with Gasteiger partial charge in [-0.2, -0.15) is 8.42 Å². The predicted octanol–water partition coefficient (Wildman–Crippen LogP) is 2.20. The molecule has 0 spiro atoms. The molecule has 0 aliphatic carbocycles. The highest BCUT2D eigenvalue weighted by atomic mass is 127. The van der Waals surface area contributed by atoms with Crippen molar-refractivity contribution in [3.63, 3.8) is 0 Å². The molecule has 0 saturated heterocycles. The number of hydrogen-bond acceptors (Lipinski definition) is 3. The van der Waals surface area contributed by atoms with Gasteiger partial charge in [0.25, 0.3) is 10.1 Å². The summed E-state index contributed by atoms with van der Waals surface area (Å²) in [6, 6.07) is 8.16. The van der Waals surface area contributed by atoms with E-state index in [1.807, 2.05) is 24.3 Å². The molecule has 0 radical (unpaired) electrons. The van der Waals surface area contributed by atoms with Crippen LogP contribution in [0.25, 0.3) is 0 Å². The van der Waals surface area contributed by atoms with Crippen molar-refractivity contribution in [2.45, 2.75) is 12.8 Å². The van der Waals surface area contributed by atoms with E-state index in [0.29, 0.717) is 6.42 Å². The van der Waals surface area contributed by atoms with Gasteiger partial charge >= 0.3 is 0 Å². The molecule has 0 aliphatic rings. The molecule has 0 aliphatic heterocycles. The molecule has 0 fully saturated rings. The van der Waals surface area contributed by atoms with Gasteiger partial charge in [-0.15, -0.1) is 0 Å². The molecule has 5 heteroatoms. The Morgan fingerprint density at radius 2 is 1.87 bits per heavy atom. The van der Waals surface area contributed by atoms with Gasteiger partial charge in [0.05, 0.1) is 12.9 Å². The molecule has 0 aromatic heterocycles. The van der Waals surface area contributed by atoms with Gasteiger partial charge in [0.1, 0.15) is 0 Å². The zero-order valence-electron chi connectivity index (χ0n) is 8.44. The lowest BCUT2D eigenvalue weighted by Crippen LogP contribution is -2.04. The lowest BCUT2D eigenvalue weighted by molar-refractivity contribution is 0.316. The van der Waals surface area contributed by atoms with Gasteiger partial charge in [0, 0.05) is 3.57 Å². The second-order valence-corrected chi connectivity index (χ2v) is 6.15. The molecule has 0 saturated carbocycles. The zero-order chi connectivity index (χ0) is 11.3. The number of benzene rings is 1. The zero-order valence-corrected chi connectivity index (χ0v) is 11.4. The normalized spacial score (nSPS) is 11.6. The van der Waals surface area contributed by atoms with Crippen LogP contribution < -0.4 is 0 Å². The van der Waals surface area contributed by atoms with Crippen LogP contribution in [-0.2, 0) is 20.7 Å². The van der Waals surface area contributed by atoms with E-state index in [0.717, 1.165) is 12.7 Å². The molecule has 84 valence electrons. The maximum atomic E-state index is 10.7. The van der Waals surface area contributed by atoms with E-state index in [1.54, 1.807) is 0 Å². The first-order valence-corrected chi connectivity index (χ1v) is 7.46. The summed E-state index contributed by atoms with van der Waals surface area (Å²) in [5.74, 6) is 0. The van der Waals surface area contributed by atoms with E-state index in [9.17, 15) is 8.42 Å². The Bertz CT molecular complexity index is 397. The first-order valence-electron chi connectivity index (χ1n) is 4.56. The Morgan fingerprint density at radius 3 is 2.40 bits per heavy atom. The van der Waals surface area contributed by atoms with Crippen LogP contribution in [0.5, 0.6) is 0 Å². The lowest BCUT2D eigenvalue weighted by atomic mass is 10.1. The van der Waals surface area contributed by atoms with E-state index in [-0.39, 0.29) is 6.61 Å². The third kappa shape index (κ3) is 6.11. The van der Waals surface area contributed by atoms with Crippen molar-refractivity contribution in [2.24, 2.45) is 0 Å². The Kier molecular flexibility index (Phi) is 5.01. The summed E-state index contributed by atoms with van der Waals surface area (Å²) in [7, 11) is -3.29. The molecule has 1 aromatic carbocycles. The molecule has 0 heterocycles. The van der Waals surface area contributed by atoms with Crippen molar-refractivity contribution in [1.82, 2.24) is 0 Å². The summed E-state index contributed by atoms with van der Waals surface area (Å²) in [4.78, 5) is 0. The Labute approximate surface area is 104 Å². The van der Waals surface area contributed by atoms with Crippen molar-refractivity contribution in [3.8, 4) is 0 Å². The molecule has 0 atom stereocenters. The van der Waals surface area contributed by atoms with Gasteiger partial charge in [0.2, 0.25) is 0 Å². The Morgan fingerprint density at radius 1 is 1.27 bits per heavy atom. The minimum atomic E-state index is -3.29. The van der Waals surface area contributed by atoms with Crippen molar-refractivity contribution < 1.29 is 12.6 Å². The smallest absolute Gasteiger partial charge is 0.264 e. The van der Waals surface area contributed by atoms with Crippen molar-refractivity contribution >= 4 is 32.7 Å². The average molecular weight is 340 g/mol. The molecule has 1 aromatic rings. The largest absolute Gasteiger partial charge is 0.270 e. The highest BCUT2D eigenvalue weighted by molar-refractivity contribution is 14.1. The first-order chi connectivity index (χ1) is 6.97. The number of hydrogen-bond donors (Lipinski definition) is 0. The Balaban J connectivity index is 2.29. The average Bonchev–Trinajstić information content (AvgIpc) is 2.14. The highest BCUT2D eigenvalue weighted by Crippen LogP contribution is 2.08. The molecule has 0 bridgehead atoms. The molecule has 1 rings (SSSR count). The SMILES string of the molecule is CS(=O)(=O)OCCCc1ccc(I)cc1. The number of aryl methyl sites for hydroxylation is 1. The molecule has 3 nitrogen and oxygen atoms in total. The molecule has 0 unspecified atom stereocenters. The van der Waals surface area contributed by atoms with Gasteiger partial charge in [-0.25, -0.2) is 0 Å². The lowest BCUT2D eigenvalue weighted by Gasteiger charge is -2.02. The minimum Gasteiger partial charge on any atom is -0.270 e. The second kappa shape index (κ2) is 5.81. The van der Waals surface area contributed by atoms with Crippen LogP contribution in [0.1, 0.15) is 12.0 Å². The van der Waals surface area contributed by atoms with Crippen LogP contribution in [0.2, 0.25) is 0 Å². The summed E-state index contributed by atoms with van der Waals surface area (Å²) in [6.45, 7) is 0.255. The number of rotatable bonds is 5. The van der Waals surface area contributed by atoms with Crippen molar-refractivity contribution in [1.29, 1.82) is 0 Å². The molecular weight excluding hydrogens is 327 g/mol. The number of halogens is 1. The quantitative estimate of drug-likeness (QED) is 0.469. The van der Waals surface area contributed by atoms with Gasteiger partial charge in [-0.3, -0.25) is 4.18 Å². The van der Waals surface area contributed by atoms with Crippen LogP contribution in [-0.4, -0.2) is 21.3 Å². The summed E-state index contributed by atoms with van der Waals surface area (Å²) in [6.07, 6.45) is 2.62. The fraction of sp³-hybridized carbons (Fsp3) is 0.400. The summed E-state index contributed by atoms with van der Waals surface area (Å²) in [5.41, 5.74) is 1.20. The fourth-order valence-corrected chi connectivity index (χ4v) is 1.92. The topological polar surface area (TPSA) is 43.4 Å². The Hall–Kier alpha value is -0.140. The van der Waals surface area contributed by atoms with Crippen LogP contribution in [0.3, 0.4) is 0 Å². The van der Waals surface area contributed by atoms with E-state index >= 15 is 0 Å². The van der Waals surface area contributed by atoms with Gasteiger partial charge < -0.3 is 0 Å². The fourth-order valence-electron chi connectivity index (χ4n) is 1.14. The second-order valence-electron chi connectivity index (χ2n) is 3.26. The third-order valence-corrected chi connectivity index (χ3v) is 3.13. The molecule has 15 heavy (non-hydrogen) atoms. The van der Waals surface area contributed by atoms with Crippen LogP contribution in [0.15, 0.2) is 24.3 Å². The van der Waals surface area contributed by atoms with E-state index in [1.165, 1.54) is 9.13 Å². The minimum absolute atomic E-state index is 0.255. The van der Waals surface area contributed by atoms with Gasteiger partial charge in [0.15, 0.2) is 0 Å². The van der Waals surface area contributed by atoms with Crippen LogP contribution >= 0.6 is 22.6 Å². The predicted molar refractivity (Wildman–Crippen MR) is 68.3 cm³/mol. The molecule has 0 amide bonds. The highest BCUT2D eigenvalue weighted by Gasteiger charge is 2.00. The maximum absolute atomic E-state index is 10.7. The summed E-state index contributed by atoms with van der Waals surface area (Å²) in [5, 5.41) is 0. The van der Waals surface area contributed by atoms with Crippen molar-refractivity contribution in [3.05, 3.63) is 33.4 Å². The summed E-state index contributed by atoms with van der Waals surface area (Å²) >= 11 is 2.25. The van der Waals surface area contributed by atoms with Gasteiger partial charge in [-0.1, -0.05) is 12.1 Å². The molecular formula is C10H13IO3S. The summed E-state index contributed by atoms with van der Waals surface area (Å²) < 4.78 is 27.2. The van der Waals surface area contributed by atoms with E-state index < -0.39 is 10.1 Å². The van der Waals surface area contributed by atoms with Crippen LogP contribution in [0.4, 0.5) is 0 Å². The van der Waals surface area contributed by atoms with Crippen LogP contribution in [0, 0.1) is 3.57 Å². The van der Waals surface area contributed by atoms with Gasteiger partial charge in [-0.05, 0) is 53.1 Å². The van der Waals surface area contributed by atoms with Crippen molar-refractivity contribution in [2.75, 3.05) is 12.9 Å². The third-order valence-electron chi connectivity index (χ3n) is 1.82.